The number of hydrogen-bond acceptors (Lipinski definition) is 8. The molecule has 0 rings (SSSR count). The van der Waals surface area contributed by atoms with E-state index in [4.69, 9.17) is 14.2 Å². The van der Waals surface area contributed by atoms with Gasteiger partial charge in [0.2, 0.25) is 0 Å². The third kappa shape index (κ3) is 19.3. The van der Waals surface area contributed by atoms with Crippen molar-refractivity contribution in [2.45, 2.75) is 111 Å². The maximum absolute atomic E-state index is 12.6. The van der Waals surface area contributed by atoms with Crippen molar-refractivity contribution >= 4 is 35.8 Å². The van der Waals surface area contributed by atoms with Gasteiger partial charge in [-0.3, -0.25) is 15.0 Å². The molecule has 3 amide bonds. The highest BCUT2D eigenvalue weighted by Crippen LogP contribution is 2.13. The molecule has 0 aromatic carbocycles. The van der Waals surface area contributed by atoms with Crippen molar-refractivity contribution in [1.82, 2.24) is 16.2 Å². The standard InChI is InChI=1S/C23H43N3O7S/c1-21(2,3)31-17(27)12-10-11-14-34-15-13-16(24-19(29)32-22(4,5)6)18(28)25-26-20(30)33-23(7,8)9/h16H,10-15H2,1-9H3,(H,24,29)(H,25,28)(H,26,30). The van der Waals surface area contributed by atoms with E-state index in [0.717, 1.165) is 12.2 Å². The highest BCUT2D eigenvalue weighted by atomic mass is 32.2. The Bertz CT molecular complexity index is 680. The van der Waals surface area contributed by atoms with Crippen molar-refractivity contribution in [3.05, 3.63) is 0 Å². The SMILES string of the molecule is CC(C)(C)OC(=O)CCCCSCCC(NC(=O)OC(C)(C)C)C(=O)NNC(=O)OC(C)(C)C. The van der Waals surface area contributed by atoms with Crippen LogP contribution in [0, 0.1) is 0 Å². The van der Waals surface area contributed by atoms with Crippen LogP contribution < -0.4 is 16.2 Å². The Morgan fingerprint density at radius 1 is 0.706 bits per heavy atom. The molecule has 0 aromatic rings. The van der Waals surface area contributed by atoms with Crippen LogP contribution in [0.5, 0.6) is 0 Å². The van der Waals surface area contributed by atoms with Gasteiger partial charge in [0.1, 0.15) is 22.8 Å². The van der Waals surface area contributed by atoms with E-state index in [9.17, 15) is 19.2 Å². The third-order valence-electron chi connectivity index (χ3n) is 3.58. The predicted molar refractivity (Wildman–Crippen MR) is 132 cm³/mol. The number of ether oxygens (including phenoxy) is 3. The minimum Gasteiger partial charge on any atom is -0.460 e. The average Bonchev–Trinajstić information content (AvgIpc) is 2.59. The molecule has 0 aromatic heterocycles. The normalized spacial score (nSPS) is 12.9. The Morgan fingerprint density at radius 3 is 1.76 bits per heavy atom. The quantitative estimate of drug-likeness (QED) is 0.175. The molecule has 1 atom stereocenters. The molecule has 0 saturated carbocycles. The lowest BCUT2D eigenvalue weighted by atomic mass is 10.2. The molecule has 0 saturated heterocycles. The zero-order valence-electron chi connectivity index (χ0n) is 22.1. The number of alkyl carbamates (subject to hydrolysis) is 1. The maximum atomic E-state index is 12.6. The van der Waals surface area contributed by atoms with E-state index in [1.165, 1.54) is 0 Å². The lowest BCUT2D eigenvalue weighted by Gasteiger charge is -2.24. The number of hydrazine groups is 1. The number of carbonyl (C=O) groups is 4. The summed E-state index contributed by atoms with van der Waals surface area (Å²) in [4.78, 5) is 48.2. The van der Waals surface area contributed by atoms with Crippen molar-refractivity contribution in [2.75, 3.05) is 11.5 Å². The summed E-state index contributed by atoms with van der Waals surface area (Å²) in [7, 11) is 0. The van der Waals surface area contributed by atoms with Crippen LogP contribution in [0.1, 0.15) is 88.0 Å². The molecule has 0 aliphatic rings. The Kier molecular flexibility index (Phi) is 13.4. The second-order valence-corrected chi connectivity index (χ2v) is 12.0. The highest BCUT2D eigenvalue weighted by Gasteiger charge is 2.25. The third-order valence-corrected chi connectivity index (χ3v) is 4.69. The summed E-state index contributed by atoms with van der Waals surface area (Å²) < 4.78 is 15.6. The monoisotopic (exact) mass is 505 g/mol. The largest absolute Gasteiger partial charge is 0.460 e. The van der Waals surface area contributed by atoms with Crippen molar-refractivity contribution in [3.8, 4) is 0 Å². The summed E-state index contributed by atoms with van der Waals surface area (Å²) in [5, 5.41) is 2.54. The fourth-order valence-electron chi connectivity index (χ4n) is 2.39. The van der Waals surface area contributed by atoms with Gasteiger partial charge in [0, 0.05) is 6.42 Å². The number of thioether (sulfide) groups is 1. The number of carbonyl (C=O) groups excluding carboxylic acids is 4. The van der Waals surface area contributed by atoms with Crippen LogP contribution in [0.2, 0.25) is 0 Å². The molecule has 0 heterocycles. The molecule has 10 nitrogen and oxygen atoms in total. The Morgan fingerprint density at radius 2 is 1.24 bits per heavy atom. The van der Waals surface area contributed by atoms with E-state index in [-0.39, 0.29) is 5.97 Å². The number of rotatable bonds is 10. The minimum atomic E-state index is -0.918. The minimum absolute atomic E-state index is 0.215. The van der Waals surface area contributed by atoms with Crippen molar-refractivity contribution in [3.63, 3.8) is 0 Å². The van der Waals surface area contributed by atoms with E-state index < -0.39 is 40.9 Å². The van der Waals surface area contributed by atoms with Crippen molar-refractivity contribution in [2.24, 2.45) is 0 Å². The summed E-state index contributed by atoms with van der Waals surface area (Å²) in [5.74, 6) is 0.558. The van der Waals surface area contributed by atoms with Crippen LogP contribution in [-0.2, 0) is 23.8 Å². The Hall–Kier alpha value is -2.17. The van der Waals surface area contributed by atoms with Crippen LogP contribution in [0.15, 0.2) is 0 Å². The average molecular weight is 506 g/mol. The molecule has 0 radical (unpaired) electrons. The van der Waals surface area contributed by atoms with Crippen LogP contribution in [-0.4, -0.2) is 58.4 Å². The highest BCUT2D eigenvalue weighted by molar-refractivity contribution is 7.99. The fourth-order valence-corrected chi connectivity index (χ4v) is 3.41. The maximum Gasteiger partial charge on any atom is 0.426 e. The van der Waals surface area contributed by atoms with Gasteiger partial charge < -0.3 is 19.5 Å². The molecule has 34 heavy (non-hydrogen) atoms. The van der Waals surface area contributed by atoms with Gasteiger partial charge in [-0.1, -0.05) is 0 Å². The lowest BCUT2D eigenvalue weighted by molar-refractivity contribution is -0.154. The molecule has 11 heteroatoms. The molecule has 0 spiro atoms. The van der Waals surface area contributed by atoms with Crippen LogP contribution >= 0.6 is 11.8 Å². The second-order valence-electron chi connectivity index (χ2n) is 10.8. The van der Waals surface area contributed by atoms with Crippen LogP contribution in [0.25, 0.3) is 0 Å². The number of nitrogens with one attached hydrogen (secondary N) is 3. The van der Waals surface area contributed by atoms with Crippen molar-refractivity contribution < 1.29 is 33.4 Å². The van der Waals surface area contributed by atoms with Gasteiger partial charge in [0.25, 0.3) is 5.91 Å². The first-order chi connectivity index (χ1) is 15.4. The molecule has 0 bridgehead atoms. The first-order valence-corrected chi connectivity index (χ1v) is 12.6. The van der Waals surface area contributed by atoms with E-state index in [1.807, 2.05) is 20.8 Å². The Balaban J connectivity index is 4.57. The second kappa shape index (κ2) is 14.3. The van der Waals surface area contributed by atoms with Gasteiger partial charge in [0.05, 0.1) is 0 Å². The van der Waals surface area contributed by atoms with Crippen LogP contribution in [0.3, 0.4) is 0 Å². The van der Waals surface area contributed by atoms with Crippen molar-refractivity contribution in [1.29, 1.82) is 0 Å². The molecule has 198 valence electrons. The smallest absolute Gasteiger partial charge is 0.426 e. The van der Waals surface area contributed by atoms with E-state index in [1.54, 1.807) is 53.3 Å². The molecular formula is C23H43N3O7S. The summed E-state index contributed by atoms with van der Waals surface area (Å²) in [6, 6.07) is -0.918. The van der Waals surface area contributed by atoms with Gasteiger partial charge in [0.15, 0.2) is 0 Å². The fraction of sp³-hybridized carbons (Fsp3) is 0.826. The number of esters is 1. The summed E-state index contributed by atoms with van der Waals surface area (Å²) in [6.45, 7) is 15.8. The molecule has 0 aliphatic heterocycles. The van der Waals surface area contributed by atoms with Crippen LogP contribution in [0.4, 0.5) is 9.59 Å². The van der Waals surface area contributed by atoms with E-state index >= 15 is 0 Å². The number of amides is 3. The first-order valence-electron chi connectivity index (χ1n) is 11.5. The van der Waals surface area contributed by atoms with Gasteiger partial charge in [-0.05, 0) is 93.1 Å². The molecule has 1 unspecified atom stereocenters. The van der Waals surface area contributed by atoms with Gasteiger partial charge in [-0.15, -0.1) is 0 Å². The predicted octanol–water partition coefficient (Wildman–Crippen LogP) is 4.07. The van der Waals surface area contributed by atoms with E-state index in [2.05, 4.69) is 16.2 Å². The van der Waals surface area contributed by atoms with Gasteiger partial charge >= 0.3 is 18.2 Å². The Labute approximate surface area is 207 Å². The van der Waals surface area contributed by atoms with Gasteiger partial charge in [-0.2, -0.15) is 11.8 Å². The molecule has 3 N–H and O–H groups in total. The molecule has 0 fully saturated rings. The zero-order chi connectivity index (χ0) is 26.6. The summed E-state index contributed by atoms with van der Waals surface area (Å²) in [6.07, 6.45) is 0.669. The zero-order valence-corrected chi connectivity index (χ0v) is 22.9. The lowest BCUT2D eigenvalue weighted by Crippen LogP contribution is -2.53. The van der Waals surface area contributed by atoms with E-state index in [0.29, 0.717) is 25.0 Å². The molecular weight excluding hydrogens is 462 g/mol. The number of hydrogen-bond donors (Lipinski definition) is 3. The number of unbranched alkanes of at least 4 members (excludes halogenated alkanes) is 1. The molecule has 0 aliphatic carbocycles. The first kappa shape index (κ1) is 31.8. The summed E-state index contributed by atoms with van der Waals surface area (Å²) in [5.41, 5.74) is 2.53. The van der Waals surface area contributed by atoms with Gasteiger partial charge in [-0.25, -0.2) is 15.0 Å². The summed E-state index contributed by atoms with van der Waals surface area (Å²) >= 11 is 1.60. The topological polar surface area (TPSA) is 132 Å².